The maximum atomic E-state index is 13.2. The summed E-state index contributed by atoms with van der Waals surface area (Å²) in [4.78, 5) is 15.1. The molecule has 0 aliphatic carbocycles. The Kier molecular flexibility index (Phi) is 2.60. The maximum Gasteiger partial charge on any atom is 0.259 e. The number of rotatable bonds is 0. The molecular formula is C22H15NO. The number of hydrogen-bond donors (Lipinski definition) is 0. The van der Waals surface area contributed by atoms with E-state index in [-0.39, 0.29) is 11.9 Å². The Morgan fingerprint density at radius 3 is 2.00 bits per heavy atom. The Morgan fingerprint density at radius 1 is 0.708 bits per heavy atom. The molecule has 0 radical (unpaired) electrons. The van der Waals surface area contributed by atoms with E-state index in [0.717, 1.165) is 39.1 Å². The highest BCUT2D eigenvalue weighted by atomic mass is 16.2. The van der Waals surface area contributed by atoms with Gasteiger partial charge in [0, 0.05) is 11.1 Å². The topological polar surface area (TPSA) is 20.3 Å². The summed E-state index contributed by atoms with van der Waals surface area (Å²) in [6.45, 7) is 4.33. The summed E-state index contributed by atoms with van der Waals surface area (Å²) in [5.74, 6) is 0.0625. The molecule has 0 fully saturated rings. The van der Waals surface area contributed by atoms with Crippen molar-refractivity contribution >= 4 is 17.2 Å². The average molecular weight is 309 g/mol. The van der Waals surface area contributed by atoms with E-state index in [2.05, 4.69) is 24.8 Å². The third kappa shape index (κ3) is 1.57. The summed E-state index contributed by atoms with van der Waals surface area (Å²) in [6, 6.07) is 24.2. The van der Waals surface area contributed by atoms with Crippen LogP contribution in [0.25, 0.3) is 5.57 Å². The molecule has 0 aromatic heterocycles. The van der Waals surface area contributed by atoms with Crippen molar-refractivity contribution in [1.82, 2.24) is 0 Å². The van der Waals surface area contributed by atoms with Gasteiger partial charge in [-0.05, 0) is 34.4 Å². The van der Waals surface area contributed by atoms with E-state index in [1.165, 1.54) is 0 Å². The predicted octanol–water partition coefficient (Wildman–Crippen LogP) is 4.81. The van der Waals surface area contributed by atoms with Gasteiger partial charge < -0.3 is 0 Å². The molecule has 2 heterocycles. The van der Waals surface area contributed by atoms with Gasteiger partial charge in [0.2, 0.25) is 0 Å². The largest absolute Gasteiger partial charge is 0.296 e. The van der Waals surface area contributed by atoms with Gasteiger partial charge >= 0.3 is 0 Å². The molecular weight excluding hydrogens is 294 g/mol. The molecule has 3 aromatic rings. The van der Waals surface area contributed by atoms with Gasteiger partial charge in [0.15, 0.2) is 0 Å². The van der Waals surface area contributed by atoms with Gasteiger partial charge in [-0.2, -0.15) is 0 Å². The fourth-order valence-electron chi connectivity index (χ4n) is 3.97. The first-order valence-corrected chi connectivity index (χ1v) is 8.07. The van der Waals surface area contributed by atoms with Gasteiger partial charge in [-0.25, -0.2) is 0 Å². The Balaban J connectivity index is 1.91. The number of nitrogens with zero attached hydrogens (tertiary/aromatic N) is 1. The smallest absolute Gasteiger partial charge is 0.259 e. The van der Waals surface area contributed by atoms with Crippen molar-refractivity contribution in [2.45, 2.75) is 6.04 Å². The Morgan fingerprint density at radius 2 is 1.25 bits per heavy atom. The fraction of sp³-hybridized carbons (Fsp3) is 0.0455. The van der Waals surface area contributed by atoms with Crippen molar-refractivity contribution in [3.63, 3.8) is 0 Å². The molecule has 2 nitrogen and oxygen atoms in total. The van der Waals surface area contributed by atoms with E-state index >= 15 is 0 Å². The van der Waals surface area contributed by atoms with Crippen LogP contribution in [0.1, 0.15) is 38.7 Å². The van der Waals surface area contributed by atoms with Crippen LogP contribution in [-0.2, 0) is 0 Å². The first-order chi connectivity index (χ1) is 11.8. The molecule has 1 unspecified atom stereocenters. The molecule has 1 atom stereocenters. The zero-order valence-corrected chi connectivity index (χ0v) is 13.1. The fourth-order valence-corrected chi connectivity index (χ4v) is 3.97. The van der Waals surface area contributed by atoms with E-state index in [1.54, 1.807) is 0 Å². The summed E-state index contributed by atoms with van der Waals surface area (Å²) in [6.07, 6.45) is 0. The molecule has 2 heteroatoms. The highest BCUT2D eigenvalue weighted by Crippen LogP contribution is 2.48. The van der Waals surface area contributed by atoms with Crippen LogP contribution in [0.3, 0.4) is 0 Å². The third-order valence-corrected chi connectivity index (χ3v) is 5.03. The van der Waals surface area contributed by atoms with E-state index in [0.29, 0.717) is 0 Å². The molecule has 114 valence electrons. The summed E-state index contributed by atoms with van der Waals surface area (Å²) in [5, 5.41) is 0. The molecule has 1 amide bonds. The molecule has 24 heavy (non-hydrogen) atoms. The number of amides is 1. The minimum absolute atomic E-state index is 0.0625. The van der Waals surface area contributed by atoms with Gasteiger partial charge in [-0.15, -0.1) is 0 Å². The average Bonchev–Trinajstić information content (AvgIpc) is 2.88. The number of carbonyl (C=O) groups is 1. The lowest BCUT2D eigenvalue weighted by Crippen LogP contribution is -2.28. The van der Waals surface area contributed by atoms with Crippen LogP contribution in [0.15, 0.2) is 79.4 Å². The van der Waals surface area contributed by atoms with Gasteiger partial charge in [-0.3, -0.25) is 9.69 Å². The molecule has 2 aliphatic heterocycles. The zero-order chi connectivity index (χ0) is 16.3. The number of para-hydroxylation sites is 1. The third-order valence-electron chi connectivity index (χ3n) is 5.03. The molecule has 0 spiro atoms. The SMILES string of the molecule is C=C1c2ccccc2C2c3ccccc3C(=O)N2c2ccccc21. The van der Waals surface area contributed by atoms with E-state index in [9.17, 15) is 4.79 Å². The predicted molar refractivity (Wildman–Crippen MR) is 96.1 cm³/mol. The van der Waals surface area contributed by atoms with Crippen LogP contribution in [-0.4, -0.2) is 5.91 Å². The van der Waals surface area contributed by atoms with Crippen LogP contribution in [0, 0.1) is 0 Å². The number of anilines is 1. The summed E-state index contributed by atoms with van der Waals surface area (Å²) in [7, 11) is 0. The second-order valence-electron chi connectivity index (χ2n) is 6.25. The Hall–Kier alpha value is -3.13. The number of fused-ring (bicyclic) bond motifs is 7. The second kappa shape index (κ2) is 4.68. The lowest BCUT2D eigenvalue weighted by Gasteiger charge is -2.25. The Bertz CT molecular complexity index is 1020. The maximum absolute atomic E-state index is 13.2. The minimum atomic E-state index is -0.0923. The standard InChI is InChI=1S/C22H15NO/c1-14-15-8-2-3-10-17(15)21-18-11-4-5-12-19(18)22(24)23(21)20-13-7-6-9-16(14)20/h2-13,21H,1H2. The molecule has 2 aliphatic rings. The lowest BCUT2D eigenvalue weighted by atomic mass is 9.90. The van der Waals surface area contributed by atoms with Gasteiger partial charge in [-0.1, -0.05) is 67.2 Å². The van der Waals surface area contributed by atoms with E-state index in [1.807, 2.05) is 59.5 Å². The summed E-state index contributed by atoms with van der Waals surface area (Å²) in [5.41, 5.74) is 7.04. The van der Waals surface area contributed by atoms with Crippen molar-refractivity contribution in [3.05, 3.63) is 107 Å². The van der Waals surface area contributed by atoms with Crippen LogP contribution in [0.4, 0.5) is 5.69 Å². The van der Waals surface area contributed by atoms with Gasteiger partial charge in [0.05, 0.1) is 11.7 Å². The first-order valence-electron chi connectivity index (χ1n) is 8.07. The summed E-state index contributed by atoms with van der Waals surface area (Å²) >= 11 is 0. The highest BCUT2D eigenvalue weighted by molar-refractivity contribution is 6.14. The second-order valence-corrected chi connectivity index (χ2v) is 6.25. The number of carbonyl (C=O) groups excluding carboxylic acids is 1. The molecule has 0 N–H and O–H groups in total. The van der Waals surface area contributed by atoms with E-state index < -0.39 is 0 Å². The van der Waals surface area contributed by atoms with Crippen molar-refractivity contribution in [2.75, 3.05) is 4.90 Å². The van der Waals surface area contributed by atoms with Crippen molar-refractivity contribution < 1.29 is 4.79 Å². The van der Waals surface area contributed by atoms with Crippen molar-refractivity contribution in [1.29, 1.82) is 0 Å². The summed E-state index contributed by atoms with van der Waals surface area (Å²) < 4.78 is 0. The van der Waals surface area contributed by atoms with Crippen LogP contribution < -0.4 is 4.90 Å². The first kappa shape index (κ1) is 13.3. The van der Waals surface area contributed by atoms with E-state index in [4.69, 9.17) is 0 Å². The minimum Gasteiger partial charge on any atom is -0.296 e. The van der Waals surface area contributed by atoms with Crippen molar-refractivity contribution in [2.24, 2.45) is 0 Å². The quantitative estimate of drug-likeness (QED) is 0.583. The monoisotopic (exact) mass is 309 g/mol. The highest BCUT2D eigenvalue weighted by Gasteiger charge is 2.42. The van der Waals surface area contributed by atoms with Gasteiger partial charge in [0.25, 0.3) is 5.91 Å². The van der Waals surface area contributed by atoms with Crippen LogP contribution >= 0.6 is 0 Å². The molecule has 0 bridgehead atoms. The molecule has 0 saturated carbocycles. The lowest BCUT2D eigenvalue weighted by molar-refractivity contribution is 0.0993. The normalized spacial score (nSPS) is 17.7. The van der Waals surface area contributed by atoms with Crippen molar-refractivity contribution in [3.8, 4) is 0 Å². The van der Waals surface area contributed by atoms with Crippen LogP contribution in [0.2, 0.25) is 0 Å². The van der Waals surface area contributed by atoms with Gasteiger partial charge in [0.1, 0.15) is 0 Å². The number of benzene rings is 3. The number of hydrogen-bond acceptors (Lipinski definition) is 1. The van der Waals surface area contributed by atoms with Crippen LogP contribution in [0.5, 0.6) is 0 Å². The Labute approximate surface area is 140 Å². The molecule has 3 aromatic carbocycles. The molecule has 0 saturated heterocycles. The zero-order valence-electron chi connectivity index (χ0n) is 13.1. The molecule has 5 rings (SSSR count).